The maximum atomic E-state index is 14.0. The van der Waals surface area contributed by atoms with Gasteiger partial charge in [0.1, 0.15) is 11.5 Å². The van der Waals surface area contributed by atoms with E-state index >= 15 is 0 Å². The van der Waals surface area contributed by atoms with Gasteiger partial charge in [-0.05, 0) is 41.9 Å². The molecule has 0 saturated carbocycles. The van der Waals surface area contributed by atoms with Gasteiger partial charge in [0.05, 0.1) is 16.8 Å². The summed E-state index contributed by atoms with van der Waals surface area (Å²) in [6, 6.07) is 11.7. The Kier molecular flexibility index (Phi) is 4.92. The average Bonchev–Trinajstić information content (AvgIpc) is 2.61. The van der Waals surface area contributed by atoms with Crippen LogP contribution in [-0.4, -0.2) is 18.4 Å². The molecule has 3 rings (SSSR count). The Bertz CT molecular complexity index is 1050. The number of benzene rings is 2. The third-order valence-corrected chi connectivity index (χ3v) is 4.86. The van der Waals surface area contributed by atoms with Crippen molar-refractivity contribution in [2.75, 3.05) is 15.8 Å². The van der Waals surface area contributed by atoms with Crippen LogP contribution in [0, 0.1) is 5.82 Å². The van der Waals surface area contributed by atoms with Crippen LogP contribution in [0.1, 0.15) is 0 Å². The number of hydrogen-bond acceptors (Lipinski definition) is 6. The van der Waals surface area contributed by atoms with Crippen molar-refractivity contribution in [1.82, 2.24) is 9.97 Å². The average molecular weight is 394 g/mol. The molecule has 0 bridgehead atoms. The zero-order valence-corrected chi connectivity index (χ0v) is 14.7. The minimum absolute atomic E-state index is 0.0000718. The zero-order valence-electron chi connectivity index (χ0n) is 13.1. The van der Waals surface area contributed by atoms with E-state index in [1.54, 1.807) is 18.2 Å². The molecular formula is C16H13ClFN5O2S. The quantitative estimate of drug-likeness (QED) is 0.452. The lowest BCUT2D eigenvalue weighted by atomic mass is 10.2. The lowest BCUT2D eigenvalue weighted by Crippen LogP contribution is -2.15. The number of nitrogens with two attached hydrogens (primary N) is 1. The number of anilines is 4. The van der Waals surface area contributed by atoms with Crippen molar-refractivity contribution < 1.29 is 12.8 Å². The van der Waals surface area contributed by atoms with Crippen LogP contribution in [0.15, 0.2) is 59.6 Å². The summed E-state index contributed by atoms with van der Waals surface area (Å²) in [5.74, 6) is -0.611. The second-order valence-electron chi connectivity index (χ2n) is 5.18. The van der Waals surface area contributed by atoms with Crippen molar-refractivity contribution in [1.29, 1.82) is 0 Å². The number of nitrogens with one attached hydrogen (secondary N) is 2. The summed E-state index contributed by atoms with van der Waals surface area (Å²) in [6.07, 6.45) is 1.18. The molecule has 1 heterocycles. The van der Waals surface area contributed by atoms with Crippen LogP contribution < -0.4 is 15.8 Å². The van der Waals surface area contributed by atoms with E-state index < -0.39 is 15.8 Å². The van der Waals surface area contributed by atoms with Gasteiger partial charge in [-0.25, -0.2) is 17.8 Å². The van der Waals surface area contributed by atoms with Gasteiger partial charge in [-0.2, -0.15) is 4.98 Å². The van der Waals surface area contributed by atoms with Gasteiger partial charge in [0.2, 0.25) is 5.28 Å². The van der Waals surface area contributed by atoms with E-state index in [1.165, 1.54) is 36.5 Å². The minimum Gasteiger partial charge on any atom is -0.399 e. The lowest BCUT2D eigenvalue weighted by Gasteiger charge is -2.14. The molecule has 0 aliphatic carbocycles. The summed E-state index contributed by atoms with van der Waals surface area (Å²) in [6.45, 7) is 0. The van der Waals surface area contributed by atoms with Crippen molar-refractivity contribution >= 4 is 44.5 Å². The van der Waals surface area contributed by atoms with Gasteiger partial charge in [0.25, 0.3) is 10.0 Å². The maximum Gasteiger partial charge on any atom is 0.262 e. The monoisotopic (exact) mass is 393 g/mol. The summed E-state index contributed by atoms with van der Waals surface area (Å²) in [7, 11) is -3.89. The van der Waals surface area contributed by atoms with Gasteiger partial charge >= 0.3 is 0 Å². The highest BCUT2D eigenvalue weighted by atomic mass is 35.5. The Morgan fingerprint density at radius 2 is 1.81 bits per heavy atom. The van der Waals surface area contributed by atoms with E-state index in [0.29, 0.717) is 5.69 Å². The first-order valence-corrected chi connectivity index (χ1v) is 9.14. The first-order valence-electron chi connectivity index (χ1n) is 7.27. The molecule has 0 aliphatic heterocycles. The molecule has 2 aromatic carbocycles. The number of hydrogen-bond donors (Lipinski definition) is 3. The number of aromatic nitrogens is 2. The molecule has 3 aromatic rings. The van der Waals surface area contributed by atoms with E-state index in [-0.39, 0.29) is 27.4 Å². The van der Waals surface area contributed by atoms with Gasteiger partial charge in [0.15, 0.2) is 5.82 Å². The number of halogens is 2. The molecule has 0 atom stereocenters. The molecular weight excluding hydrogens is 381 g/mol. The van der Waals surface area contributed by atoms with Crippen LogP contribution in [0.3, 0.4) is 0 Å². The number of nitrogens with zero attached hydrogens (tertiary/aromatic N) is 2. The second-order valence-corrected chi connectivity index (χ2v) is 7.20. The Morgan fingerprint density at radius 1 is 1.08 bits per heavy atom. The first kappa shape index (κ1) is 17.9. The predicted octanol–water partition coefficient (Wildman–Crippen LogP) is 3.40. The number of rotatable bonds is 5. The fourth-order valence-electron chi connectivity index (χ4n) is 2.10. The van der Waals surface area contributed by atoms with E-state index in [2.05, 4.69) is 20.0 Å². The van der Waals surface area contributed by atoms with Gasteiger partial charge in [0, 0.05) is 5.69 Å². The van der Waals surface area contributed by atoms with Gasteiger partial charge in [-0.3, -0.25) is 4.72 Å². The van der Waals surface area contributed by atoms with Gasteiger partial charge in [-0.1, -0.05) is 18.2 Å². The fourth-order valence-corrected chi connectivity index (χ4v) is 3.31. The molecule has 7 nitrogen and oxygen atoms in total. The van der Waals surface area contributed by atoms with E-state index in [1.807, 2.05) is 0 Å². The Labute approximate surface area is 154 Å². The van der Waals surface area contributed by atoms with E-state index in [0.717, 1.165) is 0 Å². The highest BCUT2D eigenvalue weighted by Crippen LogP contribution is 2.28. The van der Waals surface area contributed by atoms with Crippen LogP contribution in [0.4, 0.5) is 27.3 Å². The fraction of sp³-hybridized carbons (Fsp3) is 0. The zero-order chi connectivity index (χ0) is 18.7. The number of nitrogen functional groups attached to an aromatic ring is 1. The third-order valence-electron chi connectivity index (χ3n) is 3.30. The van der Waals surface area contributed by atoms with Gasteiger partial charge < -0.3 is 11.1 Å². The van der Waals surface area contributed by atoms with Crippen molar-refractivity contribution in [3.8, 4) is 0 Å². The van der Waals surface area contributed by atoms with Crippen molar-refractivity contribution in [3.05, 3.63) is 65.8 Å². The summed E-state index contributed by atoms with van der Waals surface area (Å²) in [5.41, 5.74) is 5.98. The molecule has 134 valence electrons. The molecule has 0 spiro atoms. The van der Waals surface area contributed by atoms with Crippen LogP contribution in [-0.2, 0) is 10.0 Å². The summed E-state index contributed by atoms with van der Waals surface area (Å²) in [4.78, 5) is 7.75. The van der Waals surface area contributed by atoms with E-state index in [4.69, 9.17) is 17.3 Å². The molecule has 26 heavy (non-hydrogen) atoms. The Morgan fingerprint density at radius 3 is 2.54 bits per heavy atom. The molecule has 0 saturated heterocycles. The molecule has 0 amide bonds. The highest BCUT2D eigenvalue weighted by molar-refractivity contribution is 7.92. The van der Waals surface area contributed by atoms with Crippen molar-refractivity contribution in [2.24, 2.45) is 0 Å². The lowest BCUT2D eigenvalue weighted by molar-refractivity contribution is 0.601. The third kappa shape index (κ3) is 4.01. The molecule has 10 heteroatoms. The molecule has 0 unspecified atom stereocenters. The standard InChI is InChI=1S/C16H13ClFN5O2S/c17-16-20-9-14(23-26(24,25)11-4-2-1-3-5-11)15(22-16)21-13-8-10(19)6-7-12(13)18/h1-9,23H,19H2,(H,20,21,22). The second kappa shape index (κ2) is 7.14. The normalized spacial score (nSPS) is 11.2. The van der Waals surface area contributed by atoms with Crippen LogP contribution in [0.2, 0.25) is 5.28 Å². The minimum atomic E-state index is -3.89. The summed E-state index contributed by atoms with van der Waals surface area (Å²) >= 11 is 5.78. The first-order chi connectivity index (χ1) is 12.3. The van der Waals surface area contributed by atoms with E-state index in [9.17, 15) is 12.8 Å². The van der Waals surface area contributed by atoms with Crippen LogP contribution in [0.25, 0.3) is 0 Å². The molecule has 0 fully saturated rings. The highest BCUT2D eigenvalue weighted by Gasteiger charge is 2.18. The van der Waals surface area contributed by atoms with Crippen LogP contribution >= 0.6 is 11.6 Å². The largest absolute Gasteiger partial charge is 0.399 e. The SMILES string of the molecule is Nc1ccc(F)c(Nc2nc(Cl)ncc2NS(=O)(=O)c2ccccc2)c1. The van der Waals surface area contributed by atoms with Crippen LogP contribution in [0.5, 0.6) is 0 Å². The number of sulfonamides is 1. The Hall–Kier alpha value is -2.91. The molecule has 0 aliphatic rings. The van der Waals surface area contributed by atoms with Crippen molar-refractivity contribution in [2.45, 2.75) is 4.90 Å². The molecule has 4 N–H and O–H groups in total. The smallest absolute Gasteiger partial charge is 0.262 e. The predicted molar refractivity (Wildman–Crippen MR) is 98.4 cm³/mol. The Balaban J connectivity index is 1.97. The summed E-state index contributed by atoms with van der Waals surface area (Å²) < 4.78 is 41.3. The molecule has 0 radical (unpaired) electrons. The van der Waals surface area contributed by atoms with Crippen molar-refractivity contribution in [3.63, 3.8) is 0 Å². The molecule has 1 aromatic heterocycles. The van der Waals surface area contributed by atoms with Gasteiger partial charge in [-0.15, -0.1) is 0 Å². The maximum absolute atomic E-state index is 14.0. The topological polar surface area (TPSA) is 110 Å². The summed E-state index contributed by atoms with van der Waals surface area (Å²) in [5, 5.41) is 2.54.